The molecule has 1 aromatic heterocycles. The van der Waals surface area contributed by atoms with Crippen molar-refractivity contribution in [2.24, 2.45) is 0 Å². The van der Waals surface area contributed by atoms with E-state index < -0.39 is 24.3 Å². The lowest BCUT2D eigenvalue weighted by Crippen LogP contribution is -2.35. The highest BCUT2D eigenvalue weighted by Crippen LogP contribution is 2.28. The van der Waals surface area contributed by atoms with Gasteiger partial charge in [0.2, 0.25) is 0 Å². The molecule has 6 nitrogen and oxygen atoms in total. The maximum absolute atomic E-state index is 12.9. The van der Waals surface area contributed by atoms with Gasteiger partial charge in [-0.05, 0) is 18.1 Å². The van der Waals surface area contributed by atoms with Gasteiger partial charge in [0.25, 0.3) is 0 Å². The van der Waals surface area contributed by atoms with Gasteiger partial charge in [0, 0.05) is 12.2 Å². The summed E-state index contributed by atoms with van der Waals surface area (Å²) in [7, 11) is 0. The number of carbonyl (C=O) groups is 2. The third kappa shape index (κ3) is 1.89. The maximum atomic E-state index is 12.9. The normalized spacial score (nSPS) is 14.7. The fourth-order valence-corrected chi connectivity index (χ4v) is 2.08. The van der Waals surface area contributed by atoms with Gasteiger partial charge >= 0.3 is 18.6 Å². The Morgan fingerprint density at radius 3 is 2.50 bits per heavy atom. The molecular weight excluding hydrogens is 250 g/mol. The van der Waals surface area contributed by atoms with Gasteiger partial charge in [-0.15, -0.1) is 0 Å². The SMILES string of the molecule is O=C(O)c1cc2c(n1C(F)F)CN(C(=O)O)CC2. The zero-order chi connectivity index (χ0) is 13.4. The maximum Gasteiger partial charge on any atom is 0.407 e. The summed E-state index contributed by atoms with van der Waals surface area (Å²) in [5.74, 6) is -1.45. The van der Waals surface area contributed by atoms with E-state index in [2.05, 4.69) is 0 Å². The van der Waals surface area contributed by atoms with E-state index in [1.165, 1.54) is 6.07 Å². The first-order chi connectivity index (χ1) is 8.41. The van der Waals surface area contributed by atoms with E-state index in [1.54, 1.807) is 0 Å². The van der Waals surface area contributed by atoms with Gasteiger partial charge in [0.05, 0.1) is 6.54 Å². The molecule has 18 heavy (non-hydrogen) atoms. The Bertz CT molecular complexity index is 512. The first-order valence-electron chi connectivity index (χ1n) is 5.14. The van der Waals surface area contributed by atoms with Crippen molar-refractivity contribution in [1.29, 1.82) is 0 Å². The first-order valence-corrected chi connectivity index (χ1v) is 5.14. The van der Waals surface area contributed by atoms with Crippen LogP contribution in [0.4, 0.5) is 13.6 Å². The number of rotatable bonds is 2. The van der Waals surface area contributed by atoms with Gasteiger partial charge in [0.1, 0.15) is 5.69 Å². The highest BCUT2D eigenvalue weighted by atomic mass is 19.3. The molecule has 0 aromatic carbocycles. The van der Waals surface area contributed by atoms with Crippen LogP contribution in [0.3, 0.4) is 0 Å². The number of hydrogen-bond donors (Lipinski definition) is 2. The number of amides is 1. The van der Waals surface area contributed by atoms with E-state index in [0.29, 0.717) is 10.1 Å². The second-order valence-corrected chi connectivity index (χ2v) is 3.91. The molecule has 0 saturated heterocycles. The summed E-state index contributed by atoms with van der Waals surface area (Å²) in [6, 6.07) is 1.18. The number of hydrogen-bond acceptors (Lipinski definition) is 2. The van der Waals surface area contributed by atoms with Crippen molar-refractivity contribution in [2.75, 3.05) is 6.54 Å². The Kier molecular flexibility index (Phi) is 2.93. The number of nitrogens with zero attached hydrogens (tertiary/aromatic N) is 2. The molecule has 1 aliphatic rings. The van der Waals surface area contributed by atoms with Crippen LogP contribution in [0, 0.1) is 0 Å². The number of carboxylic acids is 1. The number of halogens is 2. The first kappa shape index (κ1) is 12.3. The van der Waals surface area contributed by atoms with Gasteiger partial charge in [-0.25, -0.2) is 9.59 Å². The monoisotopic (exact) mass is 260 g/mol. The molecule has 1 aromatic rings. The van der Waals surface area contributed by atoms with E-state index in [-0.39, 0.29) is 25.2 Å². The van der Waals surface area contributed by atoms with Crippen molar-refractivity contribution in [1.82, 2.24) is 9.47 Å². The Hall–Kier alpha value is -2.12. The van der Waals surface area contributed by atoms with E-state index >= 15 is 0 Å². The Labute approximate surface area is 100 Å². The van der Waals surface area contributed by atoms with Gasteiger partial charge in [-0.3, -0.25) is 4.57 Å². The summed E-state index contributed by atoms with van der Waals surface area (Å²) < 4.78 is 26.1. The molecule has 0 radical (unpaired) electrons. The van der Waals surface area contributed by atoms with Crippen LogP contribution in [-0.4, -0.2) is 38.3 Å². The Morgan fingerprint density at radius 2 is 2.00 bits per heavy atom. The molecule has 8 heteroatoms. The van der Waals surface area contributed by atoms with Crippen LogP contribution in [0.2, 0.25) is 0 Å². The minimum absolute atomic E-state index is 0.0519. The standard InChI is InChI=1S/C10H10F2N2O4/c11-9(12)14-6(8(15)16)3-5-1-2-13(10(17)18)4-7(5)14/h3,9H,1-2,4H2,(H,15,16)(H,17,18). The summed E-state index contributed by atoms with van der Waals surface area (Å²) in [5, 5.41) is 17.7. The Morgan fingerprint density at radius 1 is 1.33 bits per heavy atom. The van der Waals surface area contributed by atoms with Crippen LogP contribution < -0.4 is 0 Å². The van der Waals surface area contributed by atoms with Crippen molar-refractivity contribution in [2.45, 2.75) is 19.5 Å². The minimum Gasteiger partial charge on any atom is -0.477 e. The highest BCUT2D eigenvalue weighted by molar-refractivity contribution is 5.86. The lowest BCUT2D eigenvalue weighted by Gasteiger charge is -2.25. The predicted octanol–water partition coefficient (Wildman–Crippen LogP) is 1.62. The summed E-state index contributed by atoms with van der Waals surface area (Å²) in [4.78, 5) is 22.7. The van der Waals surface area contributed by atoms with Crippen molar-refractivity contribution < 1.29 is 28.6 Å². The van der Waals surface area contributed by atoms with E-state index in [4.69, 9.17) is 10.2 Å². The Balaban J connectivity index is 2.48. The molecule has 98 valence electrons. The molecule has 2 N–H and O–H groups in total. The average Bonchev–Trinajstić information content (AvgIpc) is 2.66. The van der Waals surface area contributed by atoms with Crippen LogP contribution in [0.1, 0.15) is 28.3 Å². The van der Waals surface area contributed by atoms with Gasteiger partial charge in [-0.2, -0.15) is 8.78 Å². The zero-order valence-electron chi connectivity index (χ0n) is 9.14. The molecular formula is C10H10F2N2O4. The minimum atomic E-state index is -3.01. The molecule has 2 rings (SSSR count). The van der Waals surface area contributed by atoms with Gasteiger partial charge < -0.3 is 15.1 Å². The van der Waals surface area contributed by atoms with Crippen LogP contribution in [-0.2, 0) is 13.0 Å². The van der Waals surface area contributed by atoms with E-state index in [0.717, 1.165) is 4.90 Å². The summed E-state index contributed by atoms with van der Waals surface area (Å²) in [6.07, 6.45) is -0.971. The number of aromatic carboxylic acids is 1. The van der Waals surface area contributed by atoms with Crippen molar-refractivity contribution in [3.63, 3.8) is 0 Å². The third-order valence-corrected chi connectivity index (χ3v) is 2.91. The van der Waals surface area contributed by atoms with E-state index in [1.807, 2.05) is 0 Å². The fraction of sp³-hybridized carbons (Fsp3) is 0.400. The molecule has 0 atom stereocenters. The number of alkyl halides is 2. The molecule has 0 unspecified atom stereocenters. The molecule has 0 bridgehead atoms. The summed E-state index contributed by atoms with van der Waals surface area (Å²) >= 11 is 0. The second-order valence-electron chi connectivity index (χ2n) is 3.91. The van der Waals surface area contributed by atoms with Crippen LogP contribution >= 0.6 is 0 Å². The third-order valence-electron chi connectivity index (χ3n) is 2.91. The van der Waals surface area contributed by atoms with Crippen LogP contribution in [0.5, 0.6) is 0 Å². The topological polar surface area (TPSA) is 82.8 Å². The number of aromatic nitrogens is 1. The molecule has 0 spiro atoms. The lowest BCUT2D eigenvalue weighted by molar-refractivity contribution is 0.0491. The lowest BCUT2D eigenvalue weighted by atomic mass is 10.1. The molecule has 0 aliphatic carbocycles. The number of fused-ring (bicyclic) bond motifs is 1. The van der Waals surface area contributed by atoms with Gasteiger partial charge in [0.15, 0.2) is 0 Å². The second kappa shape index (κ2) is 4.28. The summed E-state index contributed by atoms with van der Waals surface area (Å²) in [6.45, 7) is -3.05. The quantitative estimate of drug-likeness (QED) is 0.846. The average molecular weight is 260 g/mol. The predicted molar refractivity (Wildman–Crippen MR) is 54.8 cm³/mol. The smallest absolute Gasteiger partial charge is 0.407 e. The molecule has 1 aliphatic heterocycles. The van der Waals surface area contributed by atoms with Crippen LogP contribution in [0.25, 0.3) is 0 Å². The molecule has 0 saturated carbocycles. The number of carboxylic acid groups (broad SMARTS) is 2. The van der Waals surface area contributed by atoms with Crippen molar-refractivity contribution in [3.8, 4) is 0 Å². The van der Waals surface area contributed by atoms with Crippen LogP contribution in [0.15, 0.2) is 6.07 Å². The molecule has 1 amide bonds. The molecule has 0 fully saturated rings. The van der Waals surface area contributed by atoms with Crippen molar-refractivity contribution >= 4 is 12.1 Å². The van der Waals surface area contributed by atoms with Gasteiger partial charge in [-0.1, -0.05) is 0 Å². The van der Waals surface area contributed by atoms with Crippen molar-refractivity contribution in [3.05, 3.63) is 23.0 Å². The zero-order valence-corrected chi connectivity index (χ0v) is 9.14. The highest BCUT2D eigenvalue weighted by Gasteiger charge is 2.29. The largest absolute Gasteiger partial charge is 0.477 e. The molecule has 2 heterocycles. The fourth-order valence-electron chi connectivity index (χ4n) is 2.08. The van der Waals surface area contributed by atoms with E-state index in [9.17, 15) is 18.4 Å². The summed E-state index contributed by atoms with van der Waals surface area (Å²) in [5.41, 5.74) is 0.00323.